The zero-order valence-corrected chi connectivity index (χ0v) is 17.9. The van der Waals surface area contributed by atoms with E-state index in [0.717, 1.165) is 39.2 Å². The number of hydrogen-bond donors (Lipinski definition) is 4. The van der Waals surface area contributed by atoms with Crippen LogP contribution in [0.25, 0.3) is 21.8 Å². The van der Waals surface area contributed by atoms with E-state index < -0.39 is 12.1 Å². The Kier molecular flexibility index (Phi) is 6.35. The molecule has 0 radical (unpaired) electrons. The molecule has 0 unspecified atom stereocenters. The molecule has 0 spiro atoms. The lowest BCUT2D eigenvalue weighted by atomic mass is 10.0. The van der Waals surface area contributed by atoms with Crippen molar-refractivity contribution in [2.45, 2.75) is 38.3 Å². The minimum atomic E-state index is -0.785. The van der Waals surface area contributed by atoms with Crippen molar-refractivity contribution in [3.63, 3.8) is 0 Å². The maximum atomic E-state index is 13.1. The van der Waals surface area contributed by atoms with Crippen LogP contribution in [0.2, 0.25) is 0 Å². The normalized spacial score (nSPS) is 13.0. The Labute approximate surface area is 185 Å². The summed E-state index contributed by atoms with van der Waals surface area (Å²) >= 11 is 0. The third kappa shape index (κ3) is 4.56. The fourth-order valence-electron chi connectivity index (χ4n) is 3.98. The molecule has 7 heteroatoms. The molecule has 2 atom stereocenters. The van der Waals surface area contributed by atoms with Gasteiger partial charge in [0, 0.05) is 53.5 Å². The summed E-state index contributed by atoms with van der Waals surface area (Å²) in [4.78, 5) is 43.4. The number of nitrogens with one attached hydrogen (secondary N) is 4. The first-order chi connectivity index (χ1) is 15.6. The molecule has 0 saturated heterocycles. The number of carbonyl (C=O) groups excluding carboxylic acids is 3. The van der Waals surface area contributed by atoms with Crippen molar-refractivity contribution in [1.29, 1.82) is 0 Å². The van der Waals surface area contributed by atoms with Gasteiger partial charge in [-0.05, 0) is 23.3 Å². The van der Waals surface area contributed by atoms with Crippen LogP contribution in [0.1, 0.15) is 24.5 Å². The monoisotopic (exact) mass is 430 g/mol. The van der Waals surface area contributed by atoms with Crippen molar-refractivity contribution in [2.24, 2.45) is 0 Å². The molecule has 7 nitrogen and oxygen atoms in total. The van der Waals surface area contributed by atoms with Crippen molar-refractivity contribution in [3.05, 3.63) is 72.1 Å². The number of para-hydroxylation sites is 2. The topological polar surface area (TPSA) is 107 Å². The molecule has 2 aromatic heterocycles. The van der Waals surface area contributed by atoms with E-state index in [-0.39, 0.29) is 18.2 Å². The second-order valence-electron chi connectivity index (χ2n) is 7.85. The second-order valence-corrected chi connectivity index (χ2v) is 7.85. The van der Waals surface area contributed by atoms with Crippen LogP contribution in [0.5, 0.6) is 0 Å². The van der Waals surface area contributed by atoms with E-state index in [0.29, 0.717) is 12.8 Å². The van der Waals surface area contributed by atoms with Crippen molar-refractivity contribution < 1.29 is 14.4 Å². The quantitative estimate of drug-likeness (QED) is 0.307. The van der Waals surface area contributed by atoms with Crippen molar-refractivity contribution in [2.75, 3.05) is 0 Å². The maximum absolute atomic E-state index is 13.1. The van der Waals surface area contributed by atoms with Crippen LogP contribution in [0.15, 0.2) is 60.9 Å². The number of rotatable bonds is 9. The summed E-state index contributed by atoms with van der Waals surface area (Å²) in [5.41, 5.74) is 3.82. The summed E-state index contributed by atoms with van der Waals surface area (Å²) in [7, 11) is 0. The van der Waals surface area contributed by atoms with E-state index in [9.17, 15) is 14.4 Å². The van der Waals surface area contributed by atoms with Crippen LogP contribution in [0.4, 0.5) is 0 Å². The van der Waals surface area contributed by atoms with Gasteiger partial charge in [-0.3, -0.25) is 9.59 Å². The Bertz CT molecular complexity index is 1260. The van der Waals surface area contributed by atoms with Gasteiger partial charge in [-0.25, -0.2) is 0 Å². The van der Waals surface area contributed by atoms with E-state index in [1.807, 2.05) is 60.9 Å². The van der Waals surface area contributed by atoms with Crippen LogP contribution >= 0.6 is 0 Å². The molecular formula is C25H26N4O3. The second kappa shape index (κ2) is 9.51. The van der Waals surface area contributed by atoms with Gasteiger partial charge in [-0.1, -0.05) is 43.3 Å². The lowest BCUT2D eigenvalue weighted by molar-refractivity contribution is -0.130. The molecule has 32 heavy (non-hydrogen) atoms. The molecule has 0 bridgehead atoms. The Morgan fingerprint density at radius 1 is 0.875 bits per heavy atom. The fourth-order valence-corrected chi connectivity index (χ4v) is 3.98. The van der Waals surface area contributed by atoms with Gasteiger partial charge in [-0.2, -0.15) is 0 Å². The fraction of sp³-hybridized carbons (Fsp3) is 0.240. The van der Waals surface area contributed by atoms with E-state index in [4.69, 9.17) is 0 Å². The molecule has 2 heterocycles. The first kappa shape index (κ1) is 21.4. The van der Waals surface area contributed by atoms with Gasteiger partial charge in [0.1, 0.15) is 12.3 Å². The number of H-pyrrole nitrogens is 2. The minimum Gasteiger partial charge on any atom is -0.361 e. The van der Waals surface area contributed by atoms with Crippen LogP contribution < -0.4 is 10.6 Å². The average Bonchev–Trinajstić information content (AvgIpc) is 3.42. The Hall–Kier alpha value is -3.87. The highest BCUT2D eigenvalue weighted by Crippen LogP contribution is 2.20. The predicted octanol–water partition coefficient (Wildman–Crippen LogP) is 3.01. The van der Waals surface area contributed by atoms with E-state index in [1.165, 1.54) is 0 Å². The molecule has 2 amide bonds. The van der Waals surface area contributed by atoms with E-state index >= 15 is 0 Å². The Morgan fingerprint density at radius 2 is 1.44 bits per heavy atom. The van der Waals surface area contributed by atoms with E-state index in [2.05, 4.69) is 20.6 Å². The number of hydrogen-bond acceptors (Lipinski definition) is 3. The number of aromatic nitrogens is 2. The Balaban J connectivity index is 1.51. The summed E-state index contributed by atoms with van der Waals surface area (Å²) in [6.07, 6.45) is 5.40. The van der Waals surface area contributed by atoms with Gasteiger partial charge in [-0.15, -0.1) is 0 Å². The molecule has 0 saturated carbocycles. The highest BCUT2D eigenvalue weighted by atomic mass is 16.2. The highest BCUT2D eigenvalue weighted by Gasteiger charge is 2.25. The van der Waals surface area contributed by atoms with Crippen molar-refractivity contribution in [1.82, 2.24) is 20.6 Å². The Morgan fingerprint density at radius 3 is 2.00 bits per heavy atom. The van der Waals surface area contributed by atoms with Crippen LogP contribution in [-0.4, -0.2) is 40.2 Å². The van der Waals surface area contributed by atoms with Gasteiger partial charge in [0.2, 0.25) is 11.8 Å². The largest absolute Gasteiger partial charge is 0.361 e. The third-order valence-electron chi connectivity index (χ3n) is 5.68. The van der Waals surface area contributed by atoms with Crippen LogP contribution in [0, 0.1) is 0 Å². The summed E-state index contributed by atoms with van der Waals surface area (Å²) in [6, 6.07) is 14.1. The molecule has 0 aliphatic heterocycles. The molecular weight excluding hydrogens is 404 g/mol. The number of amides is 2. The summed E-state index contributed by atoms with van der Waals surface area (Å²) in [5, 5.41) is 7.63. The number of aldehydes is 1. The zero-order chi connectivity index (χ0) is 22.5. The van der Waals surface area contributed by atoms with Gasteiger partial charge in [0.25, 0.3) is 0 Å². The van der Waals surface area contributed by atoms with Crippen molar-refractivity contribution >= 4 is 39.9 Å². The third-order valence-corrected chi connectivity index (χ3v) is 5.68. The van der Waals surface area contributed by atoms with Crippen LogP contribution in [0.3, 0.4) is 0 Å². The maximum Gasteiger partial charge on any atom is 0.243 e. The first-order valence-corrected chi connectivity index (χ1v) is 10.7. The molecule has 0 aliphatic rings. The molecule has 4 aromatic rings. The summed E-state index contributed by atoms with van der Waals surface area (Å²) in [5.74, 6) is -0.599. The van der Waals surface area contributed by atoms with E-state index in [1.54, 1.807) is 6.92 Å². The lowest BCUT2D eigenvalue weighted by Gasteiger charge is -2.21. The van der Waals surface area contributed by atoms with Crippen LogP contribution in [-0.2, 0) is 27.2 Å². The molecule has 2 aromatic carbocycles. The smallest absolute Gasteiger partial charge is 0.243 e. The minimum absolute atomic E-state index is 0.218. The zero-order valence-electron chi connectivity index (χ0n) is 17.9. The van der Waals surface area contributed by atoms with Gasteiger partial charge >= 0.3 is 0 Å². The highest BCUT2D eigenvalue weighted by molar-refractivity contribution is 5.91. The number of carbonyl (C=O) groups is 3. The van der Waals surface area contributed by atoms with Gasteiger partial charge < -0.3 is 25.4 Å². The molecule has 0 fully saturated rings. The molecule has 164 valence electrons. The number of benzene rings is 2. The van der Waals surface area contributed by atoms with Crippen molar-refractivity contribution in [3.8, 4) is 0 Å². The standard InChI is InChI=1S/C25H26N4O3/c1-2-24(31)29-23(12-17-14-27-22-10-6-4-8-20(17)22)25(32)28-18(15-30)11-16-13-26-21-9-5-3-7-19(16)21/h3-10,13-15,18,23,26-27H,2,11-12H2,1H3,(H,28,32)(H,29,31)/t18-,23-/m0/s1. The summed E-state index contributed by atoms with van der Waals surface area (Å²) < 4.78 is 0. The molecule has 0 aliphatic carbocycles. The molecule has 4 rings (SSSR count). The van der Waals surface area contributed by atoms with Gasteiger partial charge in [0.15, 0.2) is 0 Å². The average molecular weight is 431 g/mol. The summed E-state index contributed by atoms with van der Waals surface area (Å²) in [6.45, 7) is 1.74. The molecule has 4 N–H and O–H groups in total. The SMILES string of the molecule is CCC(=O)N[C@@H](Cc1c[nH]c2ccccc12)C(=O)N[C@H](C=O)Cc1c[nH]c2ccccc12. The first-order valence-electron chi connectivity index (χ1n) is 10.7. The van der Waals surface area contributed by atoms with Gasteiger partial charge in [0.05, 0.1) is 6.04 Å². The number of aromatic amines is 2. The number of fused-ring (bicyclic) bond motifs is 2. The lowest BCUT2D eigenvalue weighted by Crippen LogP contribution is -2.51. The predicted molar refractivity (Wildman–Crippen MR) is 124 cm³/mol.